The number of aromatic hydroxyl groups is 1. The smallest absolute Gasteiger partial charge is 0.165 e. The molecule has 4 rings (SSSR count). The molecule has 1 aromatic rings. The van der Waals surface area contributed by atoms with Gasteiger partial charge in [-0.05, 0) is 38.7 Å². The number of benzene rings is 1. The quantitative estimate of drug-likeness (QED) is 0.813. The van der Waals surface area contributed by atoms with Crippen molar-refractivity contribution < 1.29 is 9.84 Å². The molecular formula is C22H33N5O2. The predicted octanol–water partition coefficient (Wildman–Crippen LogP) is 3.02. The summed E-state index contributed by atoms with van der Waals surface area (Å²) in [6.07, 6.45) is 2.96. The summed E-state index contributed by atoms with van der Waals surface area (Å²) in [4.78, 5) is 4.95. The van der Waals surface area contributed by atoms with Crippen LogP contribution in [0.5, 0.6) is 5.75 Å². The number of nitrogens with zero attached hydrogens (tertiary/aromatic N) is 4. The van der Waals surface area contributed by atoms with Gasteiger partial charge in [-0.1, -0.05) is 18.2 Å². The Labute approximate surface area is 173 Å². The Morgan fingerprint density at radius 3 is 2.55 bits per heavy atom. The molecule has 0 amide bonds. The molecule has 0 bridgehead atoms. The highest BCUT2D eigenvalue weighted by molar-refractivity contribution is 5.39. The van der Waals surface area contributed by atoms with E-state index in [1.807, 2.05) is 25.1 Å². The maximum atomic E-state index is 10.3. The molecular weight excluding hydrogens is 366 g/mol. The third kappa shape index (κ3) is 4.12. The SMILES string of the molecule is CC(C1CCN(C2=C(N)N=NC(C)(c3ccccc3O)C2)CC1)N1CCOCC1. The summed E-state index contributed by atoms with van der Waals surface area (Å²) < 4.78 is 5.50. The lowest BCUT2D eigenvalue weighted by Gasteiger charge is -2.43. The molecule has 2 unspecified atom stereocenters. The van der Waals surface area contributed by atoms with Crippen LogP contribution < -0.4 is 5.73 Å². The number of piperidine rings is 1. The second-order valence-electron chi connectivity index (χ2n) is 8.71. The Morgan fingerprint density at radius 2 is 1.86 bits per heavy atom. The van der Waals surface area contributed by atoms with Gasteiger partial charge in [-0.2, -0.15) is 5.11 Å². The number of likely N-dealkylation sites (tertiary alicyclic amines) is 1. The Morgan fingerprint density at radius 1 is 1.17 bits per heavy atom. The van der Waals surface area contributed by atoms with Crippen LogP contribution in [0, 0.1) is 5.92 Å². The third-order valence-electron chi connectivity index (χ3n) is 6.90. The van der Waals surface area contributed by atoms with Crippen molar-refractivity contribution in [3.8, 4) is 5.75 Å². The number of phenols is 1. The van der Waals surface area contributed by atoms with Crippen molar-refractivity contribution in [1.29, 1.82) is 0 Å². The van der Waals surface area contributed by atoms with Crippen molar-refractivity contribution in [2.75, 3.05) is 39.4 Å². The number of ether oxygens (including phenoxy) is 1. The molecule has 0 aromatic heterocycles. The number of rotatable bonds is 4. The monoisotopic (exact) mass is 399 g/mol. The van der Waals surface area contributed by atoms with Gasteiger partial charge < -0.3 is 20.5 Å². The fraction of sp³-hybridized carbons (Fsp3) is 0.636. The average molecular weight is 400 g/mol. The van der Waals surface area contributed by atoms with Crippen LogP contribution in [0.2, 0.25) is 0 Å². The first-order valence-electron chi connectivity index (χ1n) is 10.7. The number of azo groups is 1. The van der Waals surface area contributed by atoms with E-state index in [2.05, 4.69) is 27.0 Å². The van der Waals surface area contributed by atoms with Gasteiger partial charge in [0.2, 0.25) is 0 Å². The number of phenolic OH excluding ortho intramolecular Hbond substituents is 1. The van der Waals surface area contributed by atoms with Crippen LogP contribution in [0.3, 0.4) is 0 Å². The van der Waals surface area contributed by atoms with Crippen molar-refractivity contribution in [3.05, 3.63) is 41.3 Å². The van der Waals surface area contributed by atoms with Gasteiger partial charge in [-0.3, -0.25) is 4.90 Å². The summed E-state index contributed by atoms with van der Waals surface area (Å²) in [5.41, 5.74) is 7.51. The van der Waals surface area contributed by atoms with Crippen molar-refractivity contribution >= 4 is 0 Å². The Bertz CT molecular complexity index is 781. The lowest BCUT2D eigenvalue weighted by Crippen LogP contribution is -2.48. The van der Waals surface area contributed by atoms with Crippen molar-refractivity contribution in [3.63, 3.8) is 0 Å². The highest BCUT2D eigenvalue weighted by Gasteiger charge is 2.37. The zero-order valence-electron chi connectivity index (χ0n) is 17.5. The van der Waals surface area contributed by atoms with Crippen LogP contribution >= 0.6 is 0 Å². The average Bonchev–Trinajstić information content (AvgIpc) is 2.76. The van der Waals surface area contributed by atoms with E-state index in [4.69, 9.17) is 10.5 Å². The van der Waals surface area contributed by atoms with Gasteiger partial charge >= 0.3 is 0 Å². The third-order valence-corrected chi connectivity index (χ3v) is 6.90. The predicted molar refractivity (Wildman–Crippen MR) is 112 cm³/mol. The molecule has 7 nitrogen and oxygen atoms in total. The number of hydrogen-bond acceptors (Lipinski definition) is 7. The summed E-state index contributed by atoms with van der Waals surface area (Å²) in [6.45, 7) is 10.1. The van der Waals surface area contributed by atoms with E-state index in [0.717, 1.165) is 63.5 Å². The number of hydrogen-bond donors (Lipinski definition) is 2. The summed E-state index contributed by atoms with van der Waals surface area (Å²) >= 11 is 0. The van der Waals surface area contributed by atoms with E-state index in [1.54, 1.807) is 6.07 Å². The largest absolute Gasteiger partial charge is 0.508 e. The molecule has 2 fully saturated rings. The first-order valence-corrected chi connectivity index (χ1v) is 10.7. The van der Waals surface area contributed by atoms with Gasteiger partial charge in [-0.25, -0.2) is 0 Å². The molecule has 0 saturated carbocycles. The van der Waals surface area contributed by atoms with Crippen LogP contribution in [0.15, 0.2) is 46.0 Å². The van der Waals surface area contributed by atoms with E-state index in [1.165, 1.54) is 0 Å². The van der Waals surface area contributed by atoms with E-state index >= 15 is 0 Å². The van der Waals surface area contributed by atoms with E-state index in [0.29, 0.717) is 24.2 Å². The van der Waals surface area contributed by atoms with Gasteiger partial charge in [0, 0.05) is 44.2 Å². The van der Waals surface area contributed by atoms with E-state index < -0.39 is 5.54 Å². The fourth-order valence-corrected chi connectivity index (χ4v) is 4.96. The van der Waals surface area contributed by atoms with Crippen LogP contribution in [-0.4, -0.2) is 60.3 Å². The van der Waals surface area contributed by atoms with Crippen molar-refractivity contribution in [2.24, 2.45) is 21.9 Å². The summed E-state index contributed by atoms with van der Waals surface area (Å²) in [5.74, 6) is 1.46. The number of para-hydroxylation sites is 1. The summed E-state index contributed by atoms with van der Waals surface area (Å²) in [5, 5.41) is 19.1. The molecule has 158 valence electrons. The maximum Gasteiger partial charge on any atom is 0.165 e. The first kappa shape index (κ1) is 20.2. The molecule has 3 heterocycles. The van der Waals surface area contributed by atoms with E-state index in [-0.39, 0.29) is 5.75 Å². The fourth-order valence-electron chi connectivity index (χ4n) is 4.96. The Kier molecular flexibility index (Phi) is 5.79. The van der Waals surface area contributed by atoms with Crippen LogP contribution in [0.4, 0.5) is 0 Å². The van der Waals surface area contributed by atoms with E-state index in [9.17, 15) is 5.11 Å². The van der Waals surface area contributed by atoms with Crippen molar-refractivity contribution in [1.82, 2.24) is 9.80 Å². The van der Waals surface area contributed by atoms with Crippen molar-refractivity contribution in [2.45, 2.75) is 44.7 Å². The first-order chi connectivity index (χ1) is 14.0. The van der Waals surface area contributed by atoms with Gasteiger partial charge in [0.1, 0.15) is 11.3 Å². The maximum absolute atomic E-state index is 10.3. The van der Waals surface area contributed by atoms with Crippen LogP contribution in [-0.2, 0) is 10.3 Å². The molecule has 0 spiro atoms. The molecule has 1 aromatic carbocycles. The molecule has 29 heavy (non-hydrogen) atoms. The highest BCUT2D eigenvalue weighted by Crippen LogP contribution is 2.42. The zero-order valence-corrected chi connectivity index (χ0v) is 17.5. The number of morpholine rings is 1. The van der Waals surface area contributed by atoms with Gasteiger partial charge in [0.25, 0.3) is 0 Å². The molecule has 7 heteroatoms. The Balaban J connectivity index is 1.42. The molecule has 2 saturated heterocycles. The molecule has 3 N–H and O–H groups in total. The zero-order chi connectivity index (χ0) is 20.4. The van der Waals surface area contributed by atoms with Crippen LogP contribution in [0.25, 0.3) is 0 Å². The molecule has 0 aliphatic carbocycles. The second-order valence-corrected chi connectivity index (χ2v) is 8.71. The highest BCUT2D eigenvalue weighted by atomic mass is 16.5. The number of nitrogens with two attached hydrogens (primary N) is 1. The van der Waals surface area contributed by atoms with Crippen LogP contribution in [0.1, 0.15) is 38.7 Å². The lowest BCUT2D eigenvalue weighted by molar-refractivity contribution is -0.000354. The van der Waals surface area contributed by atoms with Gasteiger partial charge in [0.05, 0.1) is 18.9 Å². The topological polar surface area (TPSA) is 86.7 Å². The molecule has 0 radical (unpaired) electrons. The minimum atomic E-state index is -0.596. The molecule has 3 aliphatic heterocycles. The summed E-state index contributed by atoms with van der Waals surface area (Å²) in [7, 11) is 0. The minimum Gasteiger partial charge on any atom is -0.508 e. The second kappa shape index (κ2) is 8.32. The minimum absolute atomic E-state index is 0.256. The molecule has 3 aliphatic rings. The standard InChI is InChI=1S/C22H33N5O2/c1-16(26-11-13-29-14-12-26)17-7-9-27(10-8-17)19-15-22(2,25-24-21(19)23)18-5-3-4-6-20(18)28/h3-6,16-17,28H,7-15,23H2,1-2H3. The molecule has 2 atom stereocenters. The van der Waals surface area contributed by atoms with Gasteiger partial charge in [-0.15, -0.1) is 5.11 Å². The van der Waals surface area contributed by atoms with Gasteiger partial charge in [0.15, 0.2) is 5.82 Å². The Hall–Kier alpha value is -2.12. The lowest BCUT2D eigenvalue weighted by atomic mass is 9.84. The normalized spacial score (nSPS) is 28.0. The summed E-state index contributed by atoms with van der Waals surface area (Å²) in [6, 6.07) is 7.97.